The van der Waals surface area contributed by atoms with Crippen molar-refractivity contribution < 1.29 is 23.5 Å². The Balaban J connectivity index is 1.44. The number of nitrogens with one attached hydrogen (secondary N) is 2. The molecule has 0 unspecified atom stereocenters. The van der Waals surface area contributed by atoms with E-state index in [-0.39, 0.29) is 17.1 Å². The normalized spacial score (nSPS) is 10.7. The molecular formula is C26H18BrN3O5. The lowest BCUT2D eigenvalue weighted by Gasteiger charge is -2.09. The average Bonchev–Trinajstić information content (AvgIpc) is 3.41. The number of anilines is 1. The van der Waals surface area contributed by atoms with Gasteiger partial charge in [-0.2, -0.15) is 5.10 Å². The Morgan fingerprint density at radius 1 is 0.857 bits per heavy atom. The van der Waals surface area contributed by atoms with Crippen molar-refractivity contribution in [1.82, 2.24) is 5.43 Å². The van der Waals surface area contributed by atoms with Crippen molar-refractivity contribution in [2.45, 2.75) is 0 Å². The monoisotopic (exact) mass is 531 g/mol. The first-order valence-corrected chi connectivity index (χ1v) is 11.1. The number of carbonyl (C=O) groups excluding carboxylic acids is 3. The standard InChI is InChI=1S/C26H18BrN3O5/c27-19-13-11-17(12-14-19)26(33)35-22-9-4-1-6-18(22)16-28-30-24(31)20-7-2-3-8-21(20)29-25(32)23-10-5-15-34-23/h1-16H,(H,29,32)(H,30,31)/b28-16-. The first kappa shape index (κ1) is 23.7. The zero-order valence-electron chi connectivity index (χ0n) is 18.1. The zero-order valence-corrected chi connectivity index (χ0v) is 19.7. The molecule has 0 aliphatic carbocycles. The number of carbonyl (C=O) groups is 3. The molecule has 9 heteroatoms. The predicted octanol–water partition coefficient (Wildman–Crippen LogP) is 5.28. The van der Waals surface area contributed by atoms with Gasteiger partial charge in [-0.15, -0.1) is 0 Å². The Bertz CT molecular complexity index is 1380. The average molecular weight is 532 g/mol. The number of amides is 2. The van der Waals surface area contributed by atoms with Crippen LogP contribution >= 0.6 is 15.9 Å². The summed E-state index contributed by atoms with van der Waals surface area (Å²) in [5, 5.41) is 6.63. The molecule has 0 spiro atoms. The molecule has 0 aliphatic rings. The fourth-order valence-electron chi connectivity index (χ4n) is 3.03. The Labute approximate surface area is 208 Å². The maximum atomic E-state index is 12.7. The third kappa shape index (κ3) is 6.10. The maximum Gasteiger partial charge on any atom is 0.343 e. The van der Waals surface area contributed by atoms with Crippen LogP contribution in [0.4, 0.5) is 5.69 Å². The Morgan fingerprint density at radius 3 is 2.37 bits per heavy atom. The minimum absolute atomic E-state index is 0.118. The van der Waals surface area contributed by atoms with E-state index in [0.717, 1.165) is 4.47 Å². The highest BCUT2D eigenvalue weighted by Gasteiger charge is 2.15. The highest BCUT2D eigenvalue weighted by molar-refractivity contribution is 9.10. The van der Waals surface area contributed by atoms with Gasteiger partial charge in [0.15, 0.2) is 5.76 Å². The molecule has 0 aliphatic heterocycles. The second-order valence-electron chi connectivity index (χ2n) is 7.11. The number of benzene rings is 3. The largest absolute Gasteiger partial charge is 0.459 e. The van der Waals surface area contributed by atoms with E-state index in [0.29, 0.717) is 16.8 Å². The topological polar surface area (TPSA) is 110 Å². The fraction of sp³-hybridized carbons (Fsp3) is 0. The van der Waals surface area contributed by atoms with E-state index in [4.69, 9.17) is 9.15 Å². The van der Waals surface area contributed by atoms with Crippen molar-refractivity contribution >= 4 is 45.6 Å². The Kier molecular flexibility index (Phi) is 7.49. The molecule has 2 amide bonds. The van der Waals surface area contributed by atoms with Crippen molar-refractivity contribution in [1.29, 1.82) is 0 Å². The summed E-state index contributed by atoms with van der Waals surface area (Å²) in [6.07, 6.45) is 2.75. The van der Waals surface area contributed by atoms with Crippen molar-refractivity contribution in [3.05, 3.63) is 118 Å². The number of ether oxygens (including phenoxy) is 1. The van der Waals surface area contributed by atoms with E-state index in [1.54, 1.807) is 78.9 Å². The van der Waals surface area contributed by atoms with Crippen molar-refractivity contribution in [2.24, 2.45) is 5.10 Å². The van der Waals surface area contributed by atoms with Crippen LogP contribution in [0.15, 0.2) is 105 Å². The second-order valence-corrected chi connectivity index (χ2v) is 8.03. The summed E-state index contributed by atoms with van der Waals surface area (Å²) in [5.74, 6) is -1.15. The molecule has 0 saturated carbocycles. The summed E-state index contributed by atoms with van der Waals surface area (Å²) >= 11 is 3.33. The van der Waals surface area contributed by atoms with Gasteiger partial charge in [-0.05, 0) is 60.7 Å². The van der Waals surface area contributed by atoms with Gasteiger partial charge in [0.2, 0.25) is 0 Å². The third-order valence-electron chi connectivity index (χ3n) is 4.74. The molecule has 35 heavy (non-hydrogen) atoms. The summed E-state index contributed by atoms with van der Waals surface area (Å²) < 4.78 is 11.4. The van der Waals surface area contributed by atoms with E-state index >= 15 is 0 Å². The van der Waals surface area contributed by atoms with Gasteiger partial charge >= 0.3 is 5.97 Å². The van der Waals surface area contributed by atoms with Crippen LogP contribution in [0.5, 0.6) is 5.75 Å². The summed E-state index contributed by atoms with van der Waals surface area (Å²) in [5.41, 5.74) is 3.80. The molecule has 1 aromatic heterocycles. The van der Waals surface area contributed by atoms with Gasteiger partial charge in [0.1, 0.15) is 5.75 Å². The molecule has 0 fully saturated rings. The van der Waals surface area contributed by atoms with Gasteiger partial charge in [0.25, 0.3) is 11.8 Å². The molecule has 2 N–H and O–H groups in total. The number of hydrogen-bond acceptors (Lipinski definition) is 6. The predicted molar refractivity (Wildman–Crippen MR) is 134 cm³/mol. The molecule has 174 valence electrons. The van der Waals surface area contributed by atoms with Gasteiger partial charge in [-0.25, -0.2) is 10.2 Å². The van der Waals surface area contributed by atoms with Crippen LogP contribution in [0.3, 0.4) is 0 Å². The number of rotatable bonds is 7. The van der Waals surface area contributed by atoms with E-state index in [1.165, 1.54) is 18.5 Å². The molecule has 0 saturated heterocycles. The minimum atomic E-state index is -0.541. The van der Waals surface area contributed by atoms with E-state index in [2.05, 4.69) is 31.8 Å². The quantitative estimate of drug-likeness (QED) is 0.146. The van der Waals surface area contributed by atoms with Crippen LogP contribution < -0.4 is 15.5 Å². The summed E-state index contributed by atoms with van der Waals surface area (Å²) in [4.78, 5) is 37.5. The van der Waals surface area contributed by atoms with E-state index in [9.17, 15) is 14.4 Å². The van der Waals surface area contributed by atoms with Crippen LogP contribution in [0.2, 0.25) is 0 Å². The van der Waals surface area contributed by atoms with Crippen molar-refractivity contribution in [3.63, 3.8) is 0 Å². The van der Waals surface area contributed by atoms with Gasteiger partial charge in [-0.1, -0.05) is 40.2 Å². The molecule has 4 aromatic rings. The third-order valence-corrected chi connectivity index (χ3v) is 5.26. The van der Waals surface area contributed by atoms with Crippen LogP contribution in [-0.4, -0.2) is 24.0 Å². The lowest BCUT2D eigenvalue weighted by atomic mass is 10.1. The molecule has 0 bridgehead atoms. The molecule has 1 heterocycles. The lowest BCUT2D eigenvalue weighted by Crippen LogP contribution is -2.21. The highest BCUT2D eigenvalue weighted by atomic mass is 79.9. The molecule has 3 aromatic carbocycles. The number of nitrogens with zero attached hydrogens (tertiary/aromatic N) is 1. The van der Waals surface area contributed by atoms with Gasteiger partial charge < -0.3 is 14.5 Å². The lowest BCUT2D eigenvalue weighted by molar-refractivity contribution is 0.0733. The smallest absolute Gasteiger partial charge is 0.343 e. The minimum Gasteiger partial charge on any atom is -0.459 e. The number of halogens is 1. The molecule has 0 radical (unpaired) electrons. The summed E-state index contributed by atoms with van der Waals surface area (Å²) in [7, 11) is 0. The number of furan rings is 1. The second kappa shape index (κ2) is 11.1. The van der Waals surface area contributed by atoms with Crippen LogP contribution in [0.1, 0.15) is 36.8 Å². The number of hydrazone groups is 1. The number of esters is 1. The molecule has 0 atom stereocenters. The molecule has 4 rings (SSSR count). The first-order valence-electron chi connectivity index (χ1n) is 10.4. The summed E-state index contributed by atoms with van der Waals surface area (Å²) in [6, 6.07) is 23.2. The maximum absolute atomic E-state index is 12.7. The van der Waals surface area contributed by atoms with Crippen LogP contribution in [-0.2, 0) is 0 Å². The molecular weight excluding hydrogens is 514 g/mol. The number of hydrogen-bond donors (Lipinski definition) is 2. The van der Waals surface area contributed by atoms with Gasteiger partial charge in [0.05, 0.1) is 29.3 Å². The van der Waals surface area contributed by atoms with Crippen molar-refractivity contribution in [3.8, 4) is 5.75 Å². The van der Waals surface area contributed by atoms with Crippen LogP contribution in [0.25, 0.3) is 0 Å². The first-order chi connectivity index (χ1) is 17.0. The summed E-state index contributed by atoms with van der Waals surface area (Å²) in [6.45, 7) is 0. The fourth-order valence-corrected chi connectivity index (χ4v) is 3.29. The van der Waals surface area contributed by atoms with Crippen molar-refractivity contribution in [2.75, 3.05) is 5.32 Å². The van der Waals surface area contributed by atoms with E-state index < -0.39 is 17.8 Å². The van der Waals surface area contributed by atoms with E-state index in [1.807, 2.05) is 0 Å². The SMILES string of the molecule is O=C(Oc1ccccc1/C=N\NC(=O)c1ccccc1NC(=O)c1ccco1)c1ccc(Br)cc1. The number of para-hydroxylation sites is 2. The van der Waals surface area contributed by atoms with Crippen LogP contribution in [0, 0.1) is 0 Å². The molecule has 8 nitrogen and oxygen atoms in total. The Morgan fingerprint density at radius 2 is 1.60 bits per heavy atom. The Hall–Kier alpha value is -4.50. The van der Waals surface area contributed by atoms with Gasteiger partial charge in [0, 0.05) is 10.0 Å². The van der Waals surface area contributed by atoms with Gasteiger partial charge in [-0.3, -0.25) is 9.59 Å². The zero-order chi connectivity index (χ0) is 24.6. The highest BCUT2D eigenvalue weighted by Crippen LogP contribution is 2.19.